The van der Waals surface area contributed by atoms with Crippen LogP contribution in [-0.4, -0.2) is 22.8 Å². The Labute approximate surface area is 110 Å². The highest BCUT2D eigenvalue weighted by molar-refractivity contribution is 7.88. The highest BCUT2D eigenvalue weighted by atomic mass is 32.3. The molecule has 1 N–H and O–H groups in total. The highest BCUT2D eigenvalue weighted by Crippen LogP contribution is 2.34. The van der Waals surface area contributed by atoms with E-state index >= 15 is 0 Å². The summed E-state index contributed by atoms with van der Waals surface area (Å²) in [4.78, 5) is 0.221. The number of alkyl halides is 3. The summed E-state index contributed by atoms with van der Waals surface area (Å²) in [7, 11) is -3.22. The van der Waals surface area contributed by atoms with Gasteiger partial charge in [0, 0.05) is 7.05 Å². The third-order valence-corrected chi connectivity index (χ3v) is 4.69. The molecule has 0 aromatic carbocycles. The van der Waals surface area contributed by atoms with Gasteiger partial charge in [-0.2, -0.15) is 26.7 Å². The number of hydrogen-bond donors (Lipinski definition) is 1. The molecule has 0 spiro atoms. The number of halogens is 3. The maximum absolute atomic E-state index is 12.6. The normalized spacial score (nSPS) is 12.9. The summed E-state index contributed by atoms with van der Waals surface area (Å²) in [5, 5.41) is 3.67. The van der Waals surface area contributed by atoms with Gasteiger partial charge in [0.25, 0.3) is 0 Å². The summed E-state index contributed by atoms with van der Waals surface area (Å²) in [5.74, 6) is 0. The van der Waals surface area contributed by atoms with Crippen LogP contribution < -0.4 is 0 Å². The molecule has 0 saturated heterocycles. The van der Waals surface area contributed by atoms with Crippen LogP contribution in [0.4, 0.5) is 13.2 Å². The maximum atomic E-state index is 12.6. The Bertz CT molecular complexity index is 715. The molecule has 0 radical (unpaired) electrons. The fourth-order valence-electron chi connectivity index (χ4n) is 1.45. The minimum Gasteiger partial charge on any atom is -0.281 e. The molecule has 10 heteroatoms. The van der Waals surface area contributed by atoms with E-state index in [1.54, 1.807) is 0 Å². The monoisotopic (exact) mass is 312 g/mol. The van der Waals surface area contributed by atoms with Crippen LogP contribution >= 0.6 is 11.3 Å². The molecular weight excluding hydrogens is 305 g/mol. The van der Waals surface area contributed by atoms with Gasteiger partial charge in [-0.15, -0.1) is 11.3 Å². The third kappa shape index (κ3) is 2.80. The van der Waals surface area contributed by atoms with E-state index in [1.165, 1.54) is 6.07 Å². The lowest BCUT2D eigenvalue weighted by atomic mass is 10.3. The van der Waals surface area contributed by atoms with Crippen molar-refractivity contribution in [3.05, 3.63) is 23.9 Å². The lowest BCUT2D eigenvalue weighted by Gasteiger charge is -2.04. The quantitative estimate of drug-likeness (QED) is 0.864. The standard InChI is InChI=1S/C9H7F3N2O3S2/c1-14-7(9(10,11)12)4-5(13-14)6-2-3-8(18-6)19(15,16)17/h2-4H,1H3,(H,15,16,17). The van der Waals surface area contributed by atoms with Crippen molar-refractivity contribution in [1.29, 1.82) is 0 Å². The van der Waals surface area contributed by atoms with Gasteiger partial charge >= 0.3 is 16.3 Å². The van der Waals surface area contributed by atoms with Gasteiger partial charge in [0.15, 0.2) is 0 Å². The van der Waals surface area contributed by atoms with Crippen LogP contribution in [0, 0.1) is 0 Å². The molecule has 0 aliphatic carbocycles. The number of thiophene rings is 1. The van der Waals surface area contributed by atoms with E-state index in [2.05, 4.69) is 5.10 Å². The summed E-state index contributed by atoms with van der Waals surface area (Å²) in [6.45, 7) is 0. The first-order valence-corrected chi connectivity index (χ1v) is 7.03. The Morgan fingerprint density at radius 1 is 1.37 bits per heavy atom. The van der Waals surface area contributed by atoms with Crippen molar-refractivity contribution >= 4 is 21.5 Å². The summed E-state index contributed by atoms with van der Waals surface area (Å²) in [6.07, 6.45) is -4.54. The topological polar surface area (TPSA) is 72.2 Å². The van der Waals surface area contributed by atoms with Crippen molar-refractivity contribution in [2.45, 2.75) is 10.4 Å². The minimum atomic E-state index is -4.54. The lowest BCUT2D eigenvalue weighted by molar-refractivity contribution is -0.143. The van der Waals surface area contributed by atoms with Crippen molar-refractivity contribution in [2.24, 2.45) is 7.05 Å². The highest BCUT2D eigenvalue weighted by Gasteiger charge is 2.35. The second kappa shape index (κ2) is 4.32. The van der Waals surface area contributed by atoms with Gasteiger partial charge < -0.3 is 0 Å². The second-order valence-electron chi connectivity index (χ2n) is 3.63. The van der Waals surface area contributed by atoms with Crippen LogP contribution in [0.25, 0.3) is 10.6 Å². The molecule has 0 unspecified atom stereocenters. The SMILES string of the molecule is Cn1nc(-c2ccc(S(=O)(=O)O)s2)cc1C(F)(F)F. The van der Waals surface area contributed by atoms with Crippen LogP contribution in [0.15, 0.2) is 22.4 Å². The van der Waals surface area contributed by atoms with E-state index in [4.69, 9.17) is 4.55 Å². The number of aromatic nitrogens is 2. The zero-order chi connectivity index (χ0) is 14.4. The zero-order valence-corrected chi connectivity index (χ0v) is 11.0. The molecule has 2 rings (SSSR count). The number of hydrogen-bond acceptors (Lipinski definition) is 4. The van der Waals surface area contributed by atoms with Gasteiger partial charge in [0.1, 0.15) is 15.6 Å². The van der Waals surface area contributed by atoms with E-state index in [1.807, 2.05) is 0 Å². The van der Waals surface area contributed by atoms with Crippen molar-refractivity contribution in [3.8, 4) is 10.6 Å². The van der Waals surface area contributed by atoms with Gasteiger partial charge in [-0.25, -0.2) is 0 Å². The predicted molar refractivity (Wildman–Crippen MR) is 61.3 cm³/mol. The molecule has 104 valence electrons. The maximum Gasteiger partial charge on any atom is 0.433 e. The van der Waals surface area contributed by atoms with Gasteiger partial charge in [0.05, 0.1) is 4.88 Å². The average molecular weight is 312 g/mol. The first-order chi connectivity index (χ1) is 8.59. The molecule has 0 amide bonds. The lowest BCUT2D eigenvalue weighted by Crippen LogP contribution is -2.11. The Hall–Kier alpha value is -1.39. The van der Waals surface area contributed by atoms with E-state index in [0.717, 1.165) is 19.2 Å². The minimum absolute atomic E-state index is 0.00488. The Balaban J connectivity index is 2.47. The zero-order valence-electron chi connectivity index (χ0n) is 9.34. The van der Waals surface area contributed by atoms with E-state index < -0.39 is 22.0 Å². The number of rotatable bonds is 2. The van der Waals surface area contributed by atoms with E-state index in [0.29, 0.717) is 16.0 Å². The van der Waals surface area contributed by atoms with Crippen molar-refractivity contribution in [1.82, 2.24) is 9.78 Å². The smallest absolute Gasteiger partial charge is 0.281 e. The van der Waals surface area contributed by atoms with Crippen molar-refractivity contribution in [3.63, 3.8) is 0 Å². The largest absolute Gasteiger partial charge is 0.433 e. The molecule has 2 heterocycles. The van der Waals surface area contributed by atoms with Gasteiger partial charge in [0.2, 0.25) is 0 Å². The molecule has 2 aromatic heterocycles. The molecule has 5 nitrogen and oxygen atoms in total. The van der Waals surface area contributed by atoms with Gasteiger partial charge in [-0.05, 0) is 18.2 Å². The number of aryl methyl sites for hydroxylation is 1. The predicted octanol–water partition coefficient (Wildman–Crippen LogP) is 2.41. The molecule has 0 aliphatic rings. The molecular formula is C9H7F3N2O3S2. The molecule has 19 heavy (non-hydrogen) atoms. The first-order valence-electron chi connectivity index (χ1n) is 4.78. The summed E-state index contributed by atoms with van der Waals surface area (Å²) in [5.41, 5.74) is -0.945. The van der Waals surface area contributed by atoms with E-state index in [-0.39, 0.29) is 14.8 Å². The van der Waals surface area contributed by atoms with Crippen LogP contribution in [0.1, 0.15) is 5.69 Å². The third-order valence-electron chi connectivity index (χ3n) is 2.26. The summed E-state index contributed by atoms with van der Waals surface area (Å²) < 4.78 is 68.6. The molecule has 0 saturated carbocycles. The average Bonchev–Trinajstić information content (AvgIpc) is 2.79. The van der Waals surface area contributed by atoms with Crippen LogP contribution in [0.3, 0.4) is 0 Å². The van der Waals surface area contributed by atoms with Gasteiger partial charge in [-0.1, -0.05) is 0 Å². The Morgan fingerprint density at radius 3 is 2.42 bits per heavy atom. The molecule has 0 bridgehead atoms. The summed E-state index contributed by atoms with van der Waals surface area (Å²) >= 11 is 0.644. The van der Waals surface area contributed by atoms with Crippen molar-refractivity contribution < 1.29 is 26.1 Å². The molecule has 0 fully saturated rings. The Morgan fingerprint density at radius 2 is 2.00 bits per heavy atom. The van der Waals surface area contributed by atoms with E-state index in [9.17, 15) is 21.6 Å². The van der Waals surface area contributed by atoms with Crippen LogP contribution in [0.2, 0.25) is 0 Å². The van der Waals surface area contributed by atoms with Crippen LogP contribution in [-0.2, 0) is 23.3 Å². The number of nitrogens with zero attached hydrogens (tertiary/aromatic N) is 2. The summed E-state index contributed by atoms with van der Waals surface area (Å²) in [6, 6.07) is 3.22. The molecule has 2 aromatic rings. The molecule has 0 aliphatic heterocycles. The molecule has 0 atom stereocenters. The Kier molecular flexibility index (Phi) is 3.19. The van der Waals surface area contributed by atoms with Gasteiger partial charge in [-0.3, -0.25) is 9.23 Å². The first kappa shape index (κ1) is 14.0. The fraction of sp³-hybridized carbons (Fsp3) is 0.222. The van der Waals surface area contributed by atoms with Crippen LogP contribution in [0.5, 0.6) is 0 Å². The fourth-order valence-corrected chi connectivity index (χ4v) is 3.07. The second-order valence-corrected chi connectivity index (χ2v) is 6.36. The van der Waals surface area contributed by atoms with Crippen molar-refractivity contribution in [2.75, 3.05) is 0 Å².